The first kappa shape index (κ1) is 14.1. The third-order valence-corrected chi connectivity index (χ3v) is 3.91. The standard InChI is InChI=1S/C16H19NO4/c1-15(2)16(3,4)21-17(20-15)8-7-12-5-6-13-14(11-12)19-10-9-18-13/h5-6,11H,9-10H2,1-4H3. The highest BCUT2D eigenvalue weighted by Gasteiger charge is 2.49. The number of rotatable bonds is 0. The van der Waals surface area contributed by atoms with Gasteiger partial charge in [-0.05, 0) is 51.8 Å². The molecule has 0 amide bonds. The molecule has 5 nitrogen and oxygen atoms in total. The average molecular weight is 289 g/mol. The van der Waals surface area contributed by atoms with Gasteiger partial charge in [0.2, 0.25) is 0 Å². The van der Waals surface area contributed by atoms with Crippen LogP contribution >= 0.6 is 0 Å². The SMILES string of the molecule is CC1(C)ON(C#Cc2ccc3c(c2)OCCO3)OC1(C)C. The normalized spacial score (nSPS) is 21.6. The summed E-state index contributed by atoms with van der Waals surface area (Å²) in [5.74, 6) is 4.47. The van der Waals surface area contributed by atoms with E-state index in [1.54, 1.807) is 0 Å². The minimum absolute atomic E-state index is 0.436. The molecule has 3 rings (SSSR count). The molecule has 1 fully saturated rings. The van der Waals surface area contributed by atoms with Gasteiger partial charge in [-0.3, -0.25) is 0 Å². The van der Waals surface area contributed by atoms with E-state index >= 15 is 0 Å². The summed E-state index contributed by atoms with van der Waals surface area (Å²) in [6.07, 6.45) is 0. The van der Waals surface area contributed by atoms with Crippen LogP contribution in [0.1, 0.15) is 33.3 Å². The third kappa shape index (κ3) is 2.65. The van der Waals surface area contributed by atoms with Crippen LogP contribution in [0.25, 0.3) is 0 Å². The molecule has 0 bridgehead atoms. The molecule has 1 aromatic rings. The van der Waals surface area contributed by atoms with Gasteiger partial charge in [0.15, 0.2) is 11.5 Å². The van der Waals surface area contributed by atoms with Crippen LogP contribution in [0.4, 0.5) is 0 Å². The highest BCUT2D eigenvalue weighted by molar-refractivity contribution is 5.48. The van der Waals surface area contributed by atoms with Crippen molar-refractivity contribution in [1.82, 2.24) is 5.23 Å². The zero-order valence-corrected chi connectivity index (χ0v) is 12.7. The minimum atomic E-state index is -0.436. The number of ether oxygens (including phenoxy) is 2. The molecule has 0 unspecified atom stereocenters. The van der Waals surface area contributed by atoms with E-state index in [4.69, 9.17) is 19.1 Å². The van der Waals surface area contributed by atoms with E-state index in [1.165, 1.54) is 5.23 Å². The number of nitrogens with zero attached hydrogens (tertiary/aromatic N) is 1. The fourth-order valence-electron chi connectivity index (χ4n) is 1.93. The quantitative estimate of drug-likeness (QED) is 0.686. The maximum Gasteiger partial charge on any atom is 0.162 e. The molecule has 2 aliphatic heterocycles. The van der Waals surface area contributed by atoms with Crippen LogP contribution in [0.2, 0.25) is 0 Å². The van der Waals surface area contributed by atoms with Crippen molar-refractivity contribution in [2.75, 3.05) is 13.2 Å². The molecule has 0 aromatic heterocycles. The molecule has 0 saturated carbocycles. The maximum atomic E-state index is 5.68. The van der Waals surface area contributed by atoms with Crippen molar-refractivity contribution in [1.29, 1.82) is 0 Å². The first-order valence-electron chi connectivity index (χ1n) is 6.97. The minimum Gasteiger partial charge on any atom is -0.486 e. The predicted molar refractivity (Wildman–Crippen MR) is 76.5 cm³/mol. The Bertz CT molecular complexity index is 596. The van der Waals surface area contributed by atoms with Gasteiger partial charge in [-0.1, -0.05) is 5.23 Å². The molecule has 2 aliphatic rings. The van der Waals surface area contributed by atoms with E-state index in [1.807, 2.05) is 45.9 Å². The van der Waals surface area contributed by atoms with Crippen LogP contribution in [0, 0.1) is 12.0 Å². The van der Waals surface area contributed by atoms with Crippen LogP contribution in [0.5, 0.6) is 11.5 Å². The summed E-state index contributed by atoms with van der Waals surface area (Å²) in [6, 6.07) is 8.45. The lowest BCUT2D eigenvalue weighted by Crippen LogP contribution is -2.41. The average Bonchev–Trinajstić information content (AvgIpc) is 2.64. The lowest BCUT2D eigenvalue weighted by molar-refractivity contribution is -0.282. The predicted octanol–water partition coefficient (Wildman–Crippen LogP) is 2.50. The Morgan fingerprint density at radius 2 is 1.57 bits per heavy atom. The first-order valence-corrected chi connectivity index (χ1v) is 6.97. The van der Waals surface area contributed by atoms with E-state index in [-0.39, 0.29) is 0 Å². The van der Waals surface area contributed by atoms with Crippen LogP contribution in [0.15, 0.2) is 18.2 Å². The number of hydrogen-bond acceptors (Lipinski definition) is 5. The van der Waals surface area contributed by atoms with Crippen molar-refractivity contribution in [3.05, 3.63) is 23.8 Å². The van der Waals surface area contributed by atoms with Gasteiger partial charge in [-0.15, -0.1) is 0 Å². The Hall–Kier alpha value is -1.90. The van der Waals surface area contributed by atoms with E-state index in [9.17, 15) is 0 Å². The Morgan fingerprint density at radius 1 is 0.952 bits per heavy atom. The Kier molecular flexibility index (Phi) is 3.23. The van der Waals surface area contributed by atoms with Gasteiger partial charge < -0.3 is 9.47 Å². The van der Waals surface area contributed by atoms with Crippen molar-refractivity contribution in [3.8, 4) is 23.5 Å². The van der Waals surface area contributed by atoms with Gasteiger partial charge >= 0.3 is 0 Å². The maximum absolute atomic E-state index is 5.68. The van der Waals surface area contributed by atoms with Gasteiger partial charge in [0.25, 0.3) is 0 Å². The number of hydroxylamine groups is 2. The van der Waals surface area contributed by atoms with Crippen molar-refractivity contribution in [2.24, 2.45) is 0 Å². The summed E-state index contributed by atoms with van der Waals surface area (Å²) in [4.78, 5) is 11.4. The smallest absolute Gasteiger partial charge is 0.162 e. The molecule has 0 N–H and O–H groups in total. The lowest BCUT2D eigenvalue weighted by atomic mass is 9.90. The molecule has 0 spiro atoms. The number of benzene rings is 1. The topological polar surface area (TPSA) is 40.2 Å². The zero-order valence-electron chi connectivity index (χ0n) is 12.7. The van der Waals surface area contributed by atoms with Crippen molar-refractivity contribution in [2.45, 2.75) is 38.9 Å². The molecule has 2 heterocycles. The fourth-order valence-corrected chi connectivity index (χ4v) is 1.93. The molecular formula is C16H19NO4. The molecule has 0 radical (unpaired) electrons. The van der Waals surface area contributed by atoms with Crippen molar-refractivity contribution < 1.29 is 19.1 Å². The van der Waals surface area contributed by atoms with Gasteiger partial charge in [-0.25, -0.2) is 9.68 Å². The second-order valence-corrected chi connectivity index (χ2v) is 6.06. The van der Waals surface area contributed by atoms with E-state index < -0.39 is 11.2 Å². The van der Waals surface area contributed by atoms with E-state index in [0.717, 1.165) is 17.1 Å². The molecule has 112 valence electrons. The second kappa shape index (κ2) is 4.83. The third-order valence-electron chi connectivity index (χ3n) is 3.91. The zero-order chi connectivity index (χ0) is 15.1. The Labute approximate surface area is 124 Å². The summed E-state index contributed by atoms with van der Waals surface area (Å²) in [6.45, 7) is 9.03. The Balaban J connectivity index is 1.77. The molecule has 0 atom stereocenters. The van der Waals surface area contributed by atoms with Crippen molar-refractivity contribution in [3.63, 3.8) is 0 Å². The number of fused-ring (bicyclic) bond motifs is 1. The molecule has 1 aromatic carbocycles. The molecule has 21 heavy (non-hydrogen) atoms. The van der Waals surface area contributed by atoms with Gasteiger partial charge in [0, 0.05) is 5.56 Å². The summed E-state index contributed by atoms with van der Waals surface area (Å²) < 4.78 is 11.0. The monoisotopic (exact) mass is 289 g/mol. The highest BCUT2D eigenvalue weighted by atomic mass is 17.0. The summed E-state index contributed by atoms with van der Waals surface area (Å²) in [5.41, 5.74) is -0.0582. The Morgan fingerprint density at radius 3 is 2.24 bits per heavy atom. The van der Waals surface area contributed by atoms with Gasteiger partial charge in [-0.2, -0.15) is 0 Å². The van der Waals surface area contributed by atoms with Crippen molar-refractivity contribution >= 4 is 0 Å². The van der Waals surface area contributed by atoms with Crippen LogP contribution in [-0.2, 0) is 9.68 Å². The van der Waals surface area contributed by atoms with Crippen LogP contribution in [0.3, 0.4) is 0 Å². The van der Waals surface area contributed by atoms with Crippen LogP contribution < -0.4 is 9.47 Å². The largest absolute Gasteiger partial charge is 0.486 e. The van der Waals surface area contributed by atoms with Crippen LogP contribution in [-0.4, -0.2) is 29.6 Å². The number of hydrogen-bond donors (Lipinski definition) is 0. The van der Waals surface area contributed by atoms with E-state index in [0.29, 0.717) is 13.2 Å². The van der Waals surface area contributed by atoms with Gasteiger partial charge in [0.1, 0.15) is 24.4 Å². The first-order chi connectivity index (χ1) is 9.87. The van der Waals surface area contributed by atoms with E-state index in [2.05, 4.69) is 12.0 Å². The molecular weight excluding hydrogens is 270 g/mol. The highest BCUT2D eigenvalue weighted by Crippen LogP contribution is 2.37. The fraction of sp³-hybridized carbons (Fsp3) is 0.500. The lowest BCUT2D eigenvalue weighted by Gasteiger charge is -2.26. The summed E-state index contributed by atoms with van der Waals surface area (Å²) in [5, 5.41) is 1.23. The second-order valence-electron chi connectivity index (χ2n) is 6.06. The summed E-state index contributed by atoms with van der Waals surface area (Å²) >= 11 is 0. The van der Waals surface area contributed by atoms with Gasteiger partial charge in [0.05, 0.1) is 6.04 Å². The molecule has 1 saturated heterocycles. The summed E-state index contributed by atoms with van der Waals surface area (Å²) in [7, 11) is 0. The molecule has 0 aliphatic carbocycles. The molecule has 5 heteroatoms.